The summed E-state index contributed by atoms with van der Waals surface area (Å²) in [7, 11) is 0. The van der Waals surface area contributed by atoms with Crippen molar-refractivity contribution in [3.63, 3.8) is 0 Å². The molecule has 0 saturated carbocycles. The highest BCUT2D eigenvalue weighted by molar-refractivity contribution is 8.26. The Morgan fingerprint density at radius 1 is 1.21 bits per heavy atom. The third-order valence-corrected chi connectivity index (χ3v) is 5.66. The molecule has 8 heteroatoms. The first-order valence-electron chi connectivity index (χ1n) is 8.92. The quantitative estimate of drug-likeness (QED) is 0.522. The van der Waals surface area contributed by atoms with Crippen molar-refractivity contribution in [3.05, 3.63) is 76.4 Å². The maximum Gasteiger partial charge on any atom is 0.266 e. The standard InChI is InChI=1S/C21H19FN2O3S2/c22-17-9-5-4-8-15(17)11-18-20(27)24(21(28)29-18)12-19(26)23-16(13-25)10-14-6-2-1-3-7-14/h1-9,11,16,25H,10,12-13H2,(H,23,26)/b18-11+/t16-/m0/s1. The molecule has 1 fully saturated rings. The Hall–Kier alpha value is -2.55. The predicted octanol–water partition coefficient (Wildman–Crippen LogP) is 2.75. The summed E-state index contributed by atoms with van der Waals surface area (Å²) in [6, 6.07) is 15.1. The second kappa shape index (κ2) is 9.78. The zero-order valence-electron chi connectivity index (χ0n) is 15.4. The molecule has 0 unspecified atom stereocenters. The zero-order valence-corrected chi connectivity index (χ0v) is 17.0. The monoisotopic (exact) mass is 430 g/mol. The van der Waals surface area contributed by atoms with Gasteiger partial charge in [0.05, 0.1) is 17.6 Å². The molecule has 1 atom stereocenters. The van der Waals surface area contributed by atoms with Crippen LogP contribution in [0.25, 0.3) is 6.08 Å². The Morgan fingerprint density at radius 2 is 1.90 bits per heavy atom. The zero-order chi connectivity index (χ0) is 20.8. The van der Waals surface area contributed by atoms with E-state index in [1.165, 1.54) is 17.0 Å². The van der Waals surface area contributed by atoms with Crippen molar-refractivity contribution in [2.24, 2.45) is 0 Å². The Bertz CT molecular complexity index is 950. The molecule has 2 aromatic rings. The number of aliphatic hydroxyl groups excluding tert-OH is 1. The van der Waals surface area contributed by atoms with Crippen LogP contribution >= 0.6 is 24.0 Å². The van der Waals surface area contributed by atoms with Crippen molar-refractivity contribution < 1.29 is 19.1 Å². The van der Waals surface area contributed by atoms with E-state index in [4.69, 9.17) is 12.2 Å². The van der Waals surface area contributed by atoms with Gasteiger partial charge in [-0.25, -0.2) is 4.39 Å². The molecule has 0 radical (unpaired) electrons. The fourth-order valence-corrected chi connectivity index (χ4v) is 4.09. The molecule has 2 amide bonds. The fraction of sp³-hybridized carbons (Fsp3) is 0.190. The first-order valence-corrected chi connectivity index (χ1v) is 10.1. The van der Waals surface area contributed by atoms with Gasteiger partial charge >= 0.3 is 0 Å². The Balaban J connectivity index is 1.63. The van der Waals surface area contributed by atoms with Crippen LogP contribution in [0.2, 0.25) is 0 Å². The fourth-order valence-electron chi connectivity index (χ4n) is 2.85. The molecule has 1 heterocycles. The van der Waals surface area contributed by atoms with Crippen LogP contribution in [0.15, 0.2) is 59.5 Å². The summed E-state index contributed by atoms with van der Waals surface area (Å²) >= 11 is 6.24. The molecule has 3 rings (SSSR count). The SMILES string of the molecule is O=C(CN1C(=O)/C(=C\c2ccccc2F)SC1=S)N[C@H](CO)Cc1ccccc1. The molecule has 2 N–H and O–H groups in total. The molecule has 2 aromatic carbocycles. The van der Waals surface area contributed by atoms with E-state index in [0.29, 0.717) is 6.42 Å². The summed E-state index contributed by atoms with van der Waals surface area (Å²) in [5, 5.41) is 12.3. The lowest BCUT2D eigenvalue weighted by Crippen LogP contribution is -2.45. The van der Waals surface area contributed by atoms with Crippen molar-refractivity contribution >= 4 is 46.2 Å². The first kappa shape index (κ1) is 21.2. The van der Waals surface area contributed by atoms with E-state index in [9.17, 15) is 19.1 Å². The number of nitrogens with one attached hydrogen (secondary N) is 1. The largest absolute Gasteiger partial charge is 0.394 e. The lowest BCUT2D eigenvalue weighted by molar-refractivity contribution is -0.129. The molecule has 0 aliphatic carbocycles. The van der Waals surface area contributed by atoms with Gasteiger partial charge in [0.15, 0.2) is 0 Å². The lowest BCUT2D eigenvalue weighted by Gasteiger charge is -2.19. The summed E-state index contributed by atoms with van der Waals surface area (Å²) in [5.41, 5.74) is 1.26. The lowest BCUT2D eigenvalue weighted by atomic mass is 10.1. The molecule has 5 nitrogen and oxygen atoms in total. The van der Waals surface area contributed by atoms with Gasteiger partial charge in [-0.05, 0) is 24.1 Å². The Labute approximate surface area is 177 Å². The molecule has 0 spiro atoms. The highest BCUT2D eigenvalue weighted by atomic mass is 32.2. The molecular formula is C21H19FN2O3S2. The van der Waals surface area contributed by atoms with Crippen molar-refractivity contribution in [2.45, 2.75) is 12.5 Å². The van der Waals surface area contributed by atoms with E-state index in [1.807, 2.05) is 30.3 Å². The van der Waals surface area contributed by atoms with Crippen LogP contribution in [-0.2, 0) is 16.0 Å². The number of benzene rings is 2. The number of thioether (sulfide) groups is 1. The van der Waals surface area contributed by atoms with Crippen molar-refractivity contribution in [1.82, 2.24) is 10.2 Å². The maximum atomic E-state index is 13.8. The summed E-state index contributed by atoms with van der Waals surface area (Å²) < 4.78 is 14.1. The van der Waals surface area contributed by atoms with Crippen LogP contribution in [-0.4, -0.2) is 45.3 Å². The number of nitrogens with zero attached hydrogens (tertiary/aromatic N) is 1. The molecular weight excluding hydrogens is 411 g/mol. The van der Waals surface area contributed by atoms with Gasteiger partial charge in [-0.3, -0.25) is 14.5 Å². The van der Waals surface area contributed by atoms with Gasteiger partial charge in [0.1, 0.15) is 16.7 Å². The smallest absolute Gasteiger partial charge is 0.266 e. The van der Waals surface area contributed by atoms with Crippen LogP contribution in [0.3, 0.4) is 0 Å². The van der Waals surface area contributed by atoms with Crippen LogP contribution in [0.4, 0.5) is 4.39 Å². The van der Waals surface area contributed by atoms with E-state index >= 15 is 0 Å². The van der Waals surface area contributed by atoms with Gasteiger partial charge < -0.3 is 10.4 Å². The highest BCUT2D eigenvalue weighted by Crippen LogP contribution is 2.32. The molecule has 150 valence electrons. The third kappa shape index (κ3) is 5.50. The maximum absolute atomic E-state index is 13.8. The molecule has 0 aromatic heterocycles. The number of carbonyl (C=O) groups is 2. The van der Waals surface area contributed by atoms with Crippen molar-refractivity contribution in [3.8, 4) is 0 Å². The first-order chi connectivity index (χ1) is 14.0. The molecule has 1 saturated heterocycles. The van der Waals surface area contributed by atoms with Crippen molar-refractivity contribution in [2.75, 3.05) is 13.2 Å². The van der Waals surface area contributed by atoms with Crippen LogP contribution in [0.5, 0.6) is 0 Å². The van der Waals surface area contributed by atoms with Crippen LogP contribution < -0.4 is 5.32 Å². The molecule has 1 aliphatic heterocycles. The van der Waals surface area contributed by atoms with E-state index < -0.39 is 23.7 Å². The van der Waals surface area contributed by atoms with Gasteiger partial charge in [-0.2, -0.15) is 0 Å². The third-order valence-electron chi connectivity index (χ3n) is 4.28. The number of carbonyl (C=O) groups excluding carboxylic acids is 2. The van der Waals surface area contributed by atoms with Gasteiger partial charge in [0, 0.05) is 5.56 Å². The molecule has 0 bridgehead atoms. The van der Waals surface area contributed by atoms with E-state index in [-0.39, 0.29) is 27.9 Å². The van der Waals surface area contributed by atoms with Crippen LogP contribution in [0, 0.1) is 5.82 Å². The minimum atomic E-state index is -0.475. The number of thiocarbonyl (C=S) groups is 1. The number of halogens is 1. The minimum Gasteiger partial charge on any atom is -0.394 e. The number of hydrogen-bond donors (Lipinski definition) is 2. The highest BCUT2D eigenvalue weighted by Gasteiger charge is 2.33. The average molecular weight is 431 g/mol. The van der Waals surface area contributed by atoms with E-state index in [2.05, 4.69) is 5.32 Å². The number of rotatable bonds is 7. The second-order valence-corrected chi connectivity index (χ2v) is 8.10. The summed E-state index contributed by atoms with van der Waals surface area (Å²) in [5.74, 6) is -1.31. The Morgan fingerprint density at radius 3 is 2.59 bits per heavy atom. The normalized spacial score (nSPS) is 16.3. The second-order valence-electron chi connectivity index (χ2n) is 6.43. The molecule has 29 heavy (non-hydrogen) atoms. The van der Waals surface area contributed by atoms with Crippen molar-refractivity contribution in [1.29, 1.82) is 0 Å². The van der Waals surface area contributed by atoms with E-state index in [0.717, 1.165) is 17.3 Å². The number of aliphatic hydroxyl groups is 1. The van der Waals surface area contributed by atoms with Gasteiger partial charge in [0.2, 0.25) is 5.91 Å². The van der Waals surface area contributed by atoms with Crippen LogP contribution in [0.1, 0.15) is 11.1 Å². The van der Waals surface area contributed by atoms with Gasteiger partial charge in [-0.1, -0.05) is 72.5 Å². The Kier molecular flexibility index (Phi) is 7.13. The summed E-state index contributed by atoms with van der Waals surface area (Å²) in [6.07, 6.45) is 1.90. The van der Waals surface area contributed by atoms with Gasteiger partial charge in [-0.15, -0.1) is 0 Å². The topological polar surface area (TPSA) is 69.6 Å². The minimum absolute atomic E-state index is 0.230. The van der Waals surface area contributed by atoms with Gasteiger partial charge in [0.25, 0.3) is 5.91 Å². The average Bonchev–Trinajstić information content (AvgIpc) is 2.97. The number of hydrogen-bond acceptors (Lipinski definition) is 5. The predicted molar refractivity (Wildman–Crippen MR) is 115 cm³/mol. The summed E-state index contributed by atoms with van der Waals surface area (Å²) in [4.78, 5) is 26.5. The van der Waals surface area contributed by atoms with E-state index in [1.54, 1.807) is 18.2 Å². The summed E-state index contributed by atoms with van der Waals surface area (Å²) in [6.45, 7) is -0.489. The molecule has 1 aliphatic rings. The number of amides is 2.